The van der Waals surface area contributed by atoms with E-state index in [4.69, 9.17) is 0 Å². The van der Waals surface area contributed by atoms with E-state index in [-0.39, 0.29) is 17.4 Å². The molecule has 2 N–H and O–H groups in total. The molecule has 0 aliphatic carbocycles. The number of aliphatic hydroxyl groups is 1. The molecular weight excluding hydrogens is 272 g/mol. The highest BCUT2D eigenvalue weighted by molar-refractivity contribution is 7.99. The number of thioether (sulfide) groups is 1. The average molecular weight is 296 g/mol. The first kappa shape index (κ1) is 15.4. The Kier molecular flexibility index (Phi) is 5.10. The van der Waals surface area contributed by atoms with Crippen molar-refractivity contribution < 1.29 is 5.11 Å². The lowest BCUT2D eigenvalue weighted by Gasteiger charge is -2.25. The molecule has 5 nitrogen and oxygen atoms in total. The van der Waals surface area contributed by atoms with E-state index in [1.54, 1.807) is 6.33 Å². The zero-order chi connectivity index (χ0) is 14.6. The molecule has 0 bridgehead atoms. The van der Waals surface area contributed by atoms with Gasteiger partial charge in [0.15, 0.2) is 0 Å². The van der Waals surface area contributed by atoms with Gasteiger partial charge in [-0.25, -0.2) is 9.97 Å². The molecule has 6 heteroatoms. The van der Waals surface area contributed by atoms with Crippen molar-refractivity contribution in [2.75, 3.05) is 36.2 Å². The van der Waals surface area contributed by atoms with Gasteiger partial charge in [-0.3, -0.25) is 0 Å². The summed E-state index contributed by atoms with van der Waals surface area (Å²) >= 11 is 1.83. The van der Waals surface area contributed by atoms with Crippen molar-refractivity contribution in [3.8, 4) is 0 Å². The van der Waals surface area contributed by atoms with Gasteiger partial charge in [0.25, 0.3) is 0 Å². The molecule has 1 saturated heterocycles. The monoisotopic (exact) mass is 296 g/mol. The normalized spacial score (nSPS) is 19.4. The Morgan fingerprint density at radius 3 is 3.00 bits per heavy atom. The van der Waals surface area contributed by atoms with E-state index in [1.165, 1.54) is 0 Å². The third-order valence-corrected chi connectivity index (χ3v) is 5.03. The second kappa shape index (κ2) is 6.63. The quantitative estimate of drug-likeness (QED) is 0.837. The Balaban J connectivity index is 2.04. The number of rotatable bonds is 6. The first-order valence-electron chi connectivity index (χ1n) is 7.04. The zero-order valence-electron chi connectivity index (χ0n) is 12.5. The predicted octanol–water partition coefficient (Wildman–Crippen LogP) is 1.99. The summed E-state index contributed by atoms with van der Waals surface area (Å²) in [4.78, 5) is 10.8. The largest absolute Gasteiger partial charge is 0.394 e. The standard InChI is InChI=1S/C14H24N4OS/c1-14(2,20-3)9-15-12-7-13(17-10-16-12)18-6-4-5-11(18)8-19/h7,10-11,19H,4-6,8-9H2,1-3H3,(H,15,16,17). The Morgan fingerprint density at radius 2 is 2.30 bits per heavy atom. The van der Waals surface area contributed by atoms with E-state index >= 15 is 0 Å². The van der Waals surface area contributed by atoms with Crippen LogP contribution in [-0.2, 0) is 0 Å². The molecule has 2 heterocycles. The number of anilines is 2. The van der Waals surface area contributed by atoms with Crippen LogP contribution in [0.25, 0.3) is 0 Å². The lowest BCUT2D eigenvalue weighted by Crippen LogP contribution is -2.33. The van der Waals surface area contributed by atoms with Crippen LogP contribution in [0.2, 0.25) is 0 Å². The van der Waals surface area contributed by atoms with Crippen LogP contribution in [0.15, 0.2) is 12.4 Å². The Labute approximate surface area is 125 Å². The van der Waals surface area contributed by atoms with Gasteiger partial charge in [-0.05, 0) is 32.9 Å². The van der Waals surface area contributed by atoms with E-state index in [0.717, 1.165) is 37.6 Å². The molecule has 0 radical (unpaired) electrons. The summed E-state index contributed by atoms with van der Waals surface area (Å²) in [6, 6.07) is 2.17. The minimum atomic E-state index is 0.173. The number of aromatic nitrogens is 2. The second-order valence-corrected chi connectivity index (χ2v) is 7.26. The molecule has 1 aromatic heterocycles. The molecule has 1 aromatic rings. The van der Waals surface area contributed by atoms with Crippen molar-refractivity contribution in [3.63, 3.8) is 0 Å². The summed E-state index contributed by atoms with van der Waals surface area (Å²) in [5.74, 6) is 1.75. The van der Waals surface area contributed by atoms with Crippen LogP contribution in [0.1, 0.15) is 26.7 Å². The molecular formula is C14H24N4OS. The van der Waals surface area contributed by atoms with Gasteiger partial charge in [0.05, 0.1) is 12.6 Å². The summed E-state index contributed by atoms with van der Waals surface area (Å²) in [6.07, 6.45) is 5.85. The highest BCUT2D eigenvalue weighted by Crippen LogP contribution is 2.25. The van der Waals surface area contributed by atoms with Crippen LogP contribution in [-0.4, -0.2) is 51.8 Å². The zero-order valence-corrected chi connectivity index (χ0v) is 13.3. The third kappa shape index (κ3) is 3.76. The highest BCUT2D eigenvalue weighted by Gasteiger charge is 2.25. The van der Waals surface area contributed by atoms with Gasteiger partial charge in [-0.1, -0.05) is 0 Å². The number of nitrogens with zero attached hydrogens (tertiary/aromatic N) is 3. The number of hydrogen-bond acceptors (Lipinski definition) is 6. The van der Waals surface area contributed by atoms with Gasteiger partial charge < -0.3 is 15.3 Å². The van der Waals surface area contributed by atoms with Crippen LogP contribution in [0.5, 0.6) is 0 Å². The fraction of sp³-hybridized carbons (Fsp3) is 0.714. The summed E-state index contributed by atoms with van der Waals surface area (Å²) in [6.45, 7) is 6.41. The van der Waals surface area contributed by atoms with Crippen molar-refractivity contribution in [2.24, 2.45) is 0 Å². The van der Waals surface area contributed by atoms with E-state index < -0.39 is 0 Å². The van der Waals surface area contributed by atoms with Crippen molar-refractivity contribution in [1.82, 2.24) is 9.97 Å². The molecule has 1 unspecified atom stereocenters. The van der Waals surface area contributed by atoms with Gasteiger partial charge in [0, 0.05) is 23.9 Å². The first-order chi connectivity index (χ1) is 9.55. The molecule has 1 atom stereocenters. The summed E-state index contributed by atoms with van der Waals surface area (Å²) in [5, 5.41) is 12.8. The lowest BCUT2D eigenvalue weighted by atomic mass is 10.2. The summed E-state index contributed by atoms with van der Waals surface area (Å²) < 4.78 is 0.173. The van der Waals surface area contributed by atoms with Crippen LogP contribution < -0.4 is 10.2 Å². The fourth-order valence-corrected chi connectivity index (χ4v) is 2.52. The molecule has 112 valence electrons. The van der Waals surface area contributed by atoms with E-state index in [0.29, 0.717) is 0 Å². The number of aliphatic hydroxyl groups excluding tert-OH is 1. The maximum Gasteiger partial charge on any atom is 0.134 e. The van der Waals surface area contributed by atoms with E-state index in [9.17, 15) is 5.11 Å². The topological polar surface area (TPSA) is 61.3 Å². The van der Waals surface area contributed by atoms with Gasteiger partial charge in [-0.2, -0.15) is 11.8 Å². The molecule has 2 rings (SSSR count). The van der Waals surface area contributed by atoms with Crippen LogP contribution in [0, 0.1) is 0 Å². The summed E-state index contributed by atoms with van der Waals surface area (Å²) in [7, 11) is 0. The Morgan fingerprint density at radius 1 is 1.50 bits per heavy atom. The van der Waals surface area contributed by atoms with Gasteiger partial charge >= 0.3 is 0 Å². The van der Waals surface area contributed by atoms with Crippen molar-refractivity contribution in [3.05, 3.63) is 12.4 Å². The average Bonchev–Trinajstić information content (AvgIpc) is 2.94. The lowest BCUT2D eigenvalue weighted by molar-refractivity contribution is 0.266. The molecule has 1 fully saturated rings. The SMILES string of the molecule is CSC(C)(C)CNc1cc(N2CCCC2CO)ncn1. The van der Waals surface area contributed by atoms with E-state index in [2.05, 4.69) is 40.3 Å². The smallest absolute Gasteiger partial charge is 0.134 e. The molecule has 20 heavy (non-hydrogen) atoms. The maximum atomic E-state index is 9.41. The van der Waals surface area contributed by atoms with Gasteiger partial charge in [0.2, 0.25) is 0 Å². The molecule has 0 spiro atoms. The minimum absolute atomic E-state index is 0.173. The van der Waals surface area contributed by atoms with Gasteiger partial charge in [-0.15, -0.1) is 0 Å². The maximum absolute atomic E-state index is 9.41. The van der Waals surface area contributed by atoms with Crippen molar-refractivity contribution >= 4 is 23.4 Å². The van der Waals surface area contributed by atoms with Gasteiger partial charge in [0.1, 0.15) is 18.0 Å². The molecule has 0 amide bonds. The minimum Gasteiger partial charge on any atom is -0.394 e. The van der Waals surface area contributed by atoms with Crippen LogP contribution >= 0.6 is 11.8 Å². The fourth-order valence-electron chi connectivity index (χ4n) is 2.30. The van der Waals surface area contributed by atoms with Crippen LogP contribution in [0.3, 0.4) is 0 Å². The molecule has 1 aliphatic heterocycles. The molecule has 1 aliphatic rings. The molecule has 0 saturated carbocycles. The van der Waals surface area contributed by atoms with Crippen molar-refractivity contribution in [1.29, 1.82) is 0 Å². The Hall–Kier alpha value is -1.01. The number of nitrogens with one attached hydrogen (secondary N) is 1. The second-order valence-electron chi connectivity index (χ2n) is 5.75. The molecule has 0 aromatic carbocycles. The summed E-state index contributed by atoms with van der Waals surface area (Å²) in [5.41, 5.74) is 0. The number of hydrogen-bond donors (Lipinski definition) is 2. The van der Waals surface area contributed by atoms with Crippen LogP contribution in [0.4, 0.5) is 11.6 Å². The Bertz CT molecular complexity index is 441. The predicted molar refractivity (Wildman–Crippen MR) is 85.6 cm³/mol. The van der Waals surface area contributed by atoms with E-state index in [1.807, 2.05) is 17.8 Å². The van der Waals surface area contributed by atoms with Crippen molar-refractivity contribution in [2.45, 2.75) is 37.5 Å². The highest BCUT2D eigenvalue weighted by atomic mass is 32.2. The first-order valence-corrected chi connectivity index (χ1v) is 8.27. The third-order valence-electron chi connectivity index (χ3n) is 3.78.